The first-order chi connectivity index (χ1) is 9.54. The molecule has 2 rings (SSSR count). The molecule has 0 aromatic heterocycles. The molecule has 0 bridgehead atoms. The summed E-state index contributed by atoms with van der Waals surface area (Å²) in [5.74, 6) is 0. The Bertz CT molecular complexity index is 578. The number of rotatable bonds is 4. The fraction of sp³-hybridized carbons (Fsp3) is 0.368. The Morgan fingerprint density at radius 3 is 2.05 bits per heavy atom. The molecule has 0 radical (unpaired) electrons. The summed E-state index contributed by atoms with van der Waals surface area (Å²) in [6, 6.07) is 13.6. The van der Waals surface area contributed by atoms with Crippen molar-refractivity contribution < 1.29 is 0 Å². The molecular formula is C19H25N. The van der Waals surface area contributed by atoms with E-state index in [0.717, 1.165) is 6.54 Å². The highest BCUT2D eigenvalue weighted by molar-refractivity contribution is 5.43. The van der Waals surface area contributed by atoms with Gasteiger partial charge in [-0.2, -0.15) is 0 Å². The van der Waals surface area contributed by atoms with E-state index in [9.17, 15) is 0 Å². The second-order valence-electron chi connectivity index (χ2n) is 5.64. The van der Waals surface area contributed by atoms with Crippen molar-refractivity contribution in [1.82, 2.24) is 5.32 Å². The standard InChI is InChI=1S/C19H25N/c1-6-20-19(17-11-10-13(2)16(5)12-17)18-14(3)8-7-9-15(18)4/h7-12,19-20H,6H2,1-5H3. The Labute approximate surface area is 123 Å². The van der Waals surface area contributed by atoms with Gasteiger partial charge in [-0.3, -0.25) is 0 Å². The van der Waals surface area contributed by atoms with Crippen LogP contribution in [0.1, 0.15) is 46.3 Å². The lowest BCUT2D eigenvalue weighted by atomic mass is 9.90. The van der Waals surface area contributed by atoms with Crippen molar-refractivity contribution in [2.45, 2.75) is 40.7 Å². The van der Waals surface area contributed by atoms with Gasteiger partial charge in [-0.15, -0.1) is 0 Å². The van der Waals surface area contributed by atoms with Crippen molar-refractivity contribution in [3.05, 3.63) is 69.8 Å². The SMILES string of the molecule is CCNC(c1ccc(C)c(C)c1)c1c(C)cccc1C. The quantitative estimate of drug-likeness (QED) is 0.852. The molecule has 2 aromatic rings. The van der Waals surface area contributed by atoms with Gasteiger partial charge in [0.05, 0.1) is 6.04 Å². The summed E-state index contributed by atoms with van der Waals surface area (Å²) < 4.78 is 0. The maximum absolute atomic E-state index is 3.64. The fourth-order valence-corrected chi connectivity index (χ4v) is 2.82. The summed E-state index contributed by atoms with van der Waals surface area (Å²) in [6.45, 7) is 11.9. The fourth-order valence-electron chi connectivity index (χ4n) is 2.82. The molecule has 2 aromatic carbocycles. The van der Waals surface area contributed by atoms with Crippen LogP contribution < -0.4 is 5.32 Å². The minimum absolute atomic E-state index is 0.278. The van der Waals surface area contributed by atoms with E-state index in [-0.39, 0.29) is 6.04 Å². The van der Waals surface area contributed by atoms with Gasteiger partial charge in [-0.05, 0) is 67.6 Å². The Balaban J connectivity index is 2.53. The molecule has 106 valence electrons. The van der Waals surface area contributed by atoms with Gasteiger partial charge in [-0.25, -0.2) is 0 Å². The summed E-state index contributed by atoms with van der Waals surface area (Å²) in [5.41, 5.74) is 8.19. The molecule has 1 heteroatoms. The Morgan fingerprint density at radius 1 is 0.850 bits per heavy atom. The molecule has 0 heterocycles. The maximum atomic E-state index is 3.64. The molecule has 0 aliphatic heterocycles. The van der Waals surface area contributed by atoms with Crippen LogP contribution >= 0.6 is 0 Å². The second kappa shape index (κ2) is 6.23. The summed E-state index contributed by atoms with van der Waals surface area (Å²) in [5, 5.41) is 3.64. The first-order valence-corrected chi connectivity index (χ1v) is 7.41. The molecule has 0 fully saturated rings. The van der Waals surface area contributed by atoms with E-state index in [0.29, 0.717) is 0 Å². The number of aryl methyl sites for hydroxylation is 4. The van der Waals surface area contributed by atoms with Gasteiger partial charge in [0, 0.05) is 0 Å². The molecule has 1 N–H and O–H groups in total. The number of hydrogen-bond acceptors (Lipinski definition) is 1. The zero-order chi connectivity index (χ0) is 14.7. The van der Waals surface area contributed by atoms with Gasteiger partial charge in [0.25, 0.3) is 0 Å². The van der Waals surface area contributed by atoms with Crippen LogP contribution in [0.25, 0.3) is 0 Å². The average molecular weight is 267 g/mol. The predicted molar refractivity (Wildman–Crippen MR) is 87.4 cm³/mol. The zero-order valence-electron chi connectivity index (χ0n) is 13.2. The molecule has 1 nitrogen and oxygen atoms in total. The highest BCUT2D eigenvalue weighted by Gasteiger charge is 2.17. The van der Waals surface area contributed by atoms with Crippen molar-refractivity contribution in [3.8, 4) is 0 Å². The summed E-state index contributed by atoms with van der Waals surface area (Å²) >= 11 is 0. The van der Waals surface area contributed by atoms with Gasteiger partial charge < -0.3 is 5.32 Å². The van der Waals surface area contributed by atoms with E-state index in [4.69, 9.17) is 0 Å². The lowest BCUT2D eigenvalue weighted by molar-refractivity contribution is 0.624. The molecular weight excluding hydrogens is 242 g/mol. The van der Waals surface area contributed by atoms with E-state index in [2.05, 4.69) is 76.3 Å². The van der Waals surface area contributed by atoms with Crippen LogP contribution in [-0.4, -0.2) is 6.54 Å². The van der Waals surface area contributed by atoms with Crippen molar-refractivity contribution in [3.63, 3.8) is 0 Å². The number of hydrogen-bond donors (Lipinski definition) is 1. The van der Waals surface area contributed by atoms with Crippen molar-refractivity contribution >= 4 is 0 Å². The van der Waals surface area contributed by atoms with Crippen LogP contribution in [0.15, 0.2) is 36.4 Å². The van der Waals surface area contributed by atoms with E-state index in [1.165, 1.54) is 33.4 Å². The van der Waals surface area contributed by atoms with Crippen LogP contribution in [0.2, 0.25) is 0 Å². The normalized spacial score (nSPS) is 12.4. The Hall–Kier alpha value is -1.60. The third-order valence-electron chi connectivity index (χ3n) is 4.10. The topological polar surface area (TPSA) is 12.0 Å². The van der Waals surface area contributed by atoms with E-state index in [1.807, 2.05) is 0 Å². The molecule has 0 spiro atoms. The van der Waals surface area contributed by atoms with Gasteiger partial charge in [-0.1, -0.05) is 43.3 Å². The number of nitrogens with one attached hydrogen (secondary N) is 1. The van der Waals surface area contributed by atoms with Crippen LogP contribution in [0, 0.1) is 27.7 Å². The second-order valence-corrected chi connectivity index (χ2v) is 5.64. The largest absolute Gasteiger partial charge is 0.307 e. The van der Waals surface area contributed by atoms with E-state index < -0.39 is 0 Å². The molecule has 0 aliphatic carbocycles. The summed E-state index contributed by atoms with van der Waals surface area (Å²) in [6.07, 6.45) is 0. The minimum atomic E-state index is 0.278. The van der Waals surface area contributed by atoms with Crippen molar-refractivity contribution in [2.75, 3.05) is 6.54 Å². The molecule has 0 saturated carbocycles. The smallest absolute Gasteiger partial charge is 0.0581 e. The Morgan fingerprint density at radius 2 is 1.50 bits per heavy atom. The lowest BCUT2D eigenvalue weighted by Crippen LogP contribution is -2.23. The molecule has 0 saturated heterocycles. The van der Waals surface area contributed by atoms with Crippen LogP contribution in [0.5, 0.6) is 0 Å². The molecule has 0 amide bonds. The van der Waals surface area contributed by atoms with Gasteiger partial charge in [0.15, 0.2) is 0 Å². The van der Waals surface area contributed by atoms with Crippen LogP contribution in [0.3, 0.4) is 0 Å². The monoisotopic (exact) mass is 267 g/mol. The highest BCUT2D eigenvalue weighted by atomic mass is 14.9. The summed E-state index contributed by atoms with van der Waals surface area (Å²) in [7, 11) is 0. The zero-order valence-corrected chi connectivity index (χ0v) is 13.2. The first-order valence-electron chi connectivity index (χ1n) is 7.41. The molecule has 0 aliphatic rings. The average Bonchev–Trinajstić information content (AvgIpc) is 2.41. The van der Waals surface area contributed by atoms with Crippen molar-refractivity contribution in [2.24, 2.45) is 0 Å². The number of benzene rings is 2. The third kappa shape index (κ3) is 2.94. The van der Waals surface area contributed by atoms with Crippen LogP contribution in [-0.2, 0) is 0 Å². The highest BCUT2D eigenvalue weighted by Crippen LogP contribution is 2.28. The Kier molecular flexibility index (Phi) is 4.61. The first kappa shape index (κ1) is 14.8. The molecule has 1 atom stereocenters. The lowest BCUT2D eigenvalue weighted by Gasteiger charge is -2.23. The minimum Gasteiger partial charge on any atom is -0.307 e. The van der Waals surface area contributed by atoms with Gasteiger partial charge >= 0.3 is 0 Å². The molecule has 1 unspecified atom stereocenters. The van der Waals surface area contributed by atoms with Crippen LogP contribution in [0.4, 0.5) is 0 Å². The maximum Gasteiger partial charge on any atom is 0.0581 e. The van der Waals surface area contributed by atoms with Gasteiger partial charge in [0.1, 0.15) is 0 Å². The summed E-state index contributed by atoms with van der Waals surface area (Å²) in [4.78, 5) is 0. The third-order valence-corrected chi connectivity index (χ3v) is 4.10. The molecule has 20 heavy (non-hydrogen) atoms. The van der Waals surface area contributed by atoms with Gasteiger partial charge in [0.2, 0.25) is 0 Å². The van der Waals surface area contributed by atoms with Crippen molar-refractivity contribution in [1.29, 1.82) is 0 Å². The predicted octanol–water partition coefficient (Wildman–Crippen LogP) is 4.62. The van der Waals surface area contributed by atoms with E-state index in [1.54, 1.807) is 0 Å². The van der Waals surface area contributed by atoms with E-state index >= 15 is 0 Å².